The van der Waals surface area contributed by atoms with Crippen LogP contribution in [0.15, 0.2) is 9.66 Å². The van der Waals surface area contributed by atoms with Crippen molar-refractivity contribution < 1.29 is 4.79 Å². The van der Waals surface area contributed by atoms with Crippen molar-refractivity contribution in [1.29, 1.82) is 0 Å². The molecule has 0 aliphatic rings. The molecule has 0 amide bonds. The van der Waals surface area contributed by atoms with Crippen molar-refractivity contribution in [2.75, 3.05) is 0 Å². The Kier molecular flexibility index (Phi) is 5.97. The third kappa shape index (κ3) is 6.26. The molecule has 0 radical (unpaired) electrons. The van der Waals surface area contributed by atoms with Crippen molar-refractivity contribution in [2.24, 2.45) is 5.92 Å². The molecule has 58 valence electrons. The summed E-state index contributed by atoms with van der Waals surface area (Å²) < 4.78 is 1.30. The van der Waals surface area contributed by atoms with E-state index in [1.807, 2.05) is 0 Å². The molecule has 0 heterocycles. The molecule has 0 spiro atoms. The second-order valence-corrected chi connectivity index (χ2v) is 4.18. The first-order valence-corrected chi connectivity index (χ1v) is 4.52. The first-order valence-electron chi connectivity index (χ1n) is 3.44. The molecule has 1 nitrogen and oxygen atoms in total. The Morgan fingerprint density at radius 3 is 2.70 bits per heavy atom. The van der Waals surface area contributed by atoms with Gasteiger partial charge in [-0.2, -0.15) is 0 Å². The summed E-state index contributed by atoms with van der Waals surface area (Å²) in [4.78, 5) is 9.97. The normalized spacial score (nSPS) is 14.9. The summed E-state index contributed by atoms with van der Waals surface area (Å²) >= 11 is 2.28. The van der Waals surface area contributed by atoms with Crippen LogP contribution < -0.4 is 0 Å². The molecule has 0 aromatic rings. The Labute approximate surface area is 76.0 Å². The second kappa shape index (κ2) is 5.89. The third-order valence-corrected chi connectivity index (χ3v) is 1.61. The Bertz CT molecular complexity index is 125. The van der Waals surface area contributed by atoms with Crippen LogP contribution in [0, 0.1) is 5.92 Å². The summed E-state index contributed by atoms with van der Waals surface area (Å²) in [7, 11) is 0. The molecular formula is C8H13IO. The minimum atomic E-state index is 0.544. The average Bonchev–Trinajstić information content (AvgIpc) is 1.82. The number of halogens is 1. The zero-order chi connectivity index (χ0) is 7.98. The van der Waals surface area contributed by atoms with Gasteiger partial charge >= 0.3 is 0 Å². The van der Waals surface area contributed by atoms with Crippen molar-refractivity contribution in [3.8, 4) is 0 Å². The van der Waals surface area contributed by atoms with E-state index in [4.69, 9.17) is 0 Å². The summed E-state index contributed by atoms with van der Waals surface area (Å²) in [5.74, 6) is 0.544. The number of allylic oxidation sites excluding steroid dienone is 2. The van der Waals surface area contributed by atoms with Gasteiger partial charge in [-0.15, -0.1) is 0 Å². The topological polar surface area (TPSA) is 17.1 Å². The van der Waals surface area contributed by atoms with Crippen molar-refractivity contribution >= 4 is 28.9 Å². The summed E-state index contributed by atoms with van der Waals surface area (Å²) in [6, 6.07) is 0. The number of carbonyl (C=O) groups excluding carboxylic acids is 1. The lowest BCUT2D eigenvalue weighted by Crippen LogP contribution is -1.89. The lowest BCUT2D eigenvalue weighted by molar-refractivity contribution is -0.108. The summed E-state index contributed by atoms with van der Waals surface area (Å²) in [6.07, 6.45) is 4.82. The predicted molar refractivity (Wildman–Crippen MR) is 52.2 cm³/mol. The van der Waals surface area contributed by atoms with Gasteiger partial charge in [0.25, 0.3) is 0 Å². The molecule has 0 N–H and O–H groups in total. The van der Waals surface area contributed by atoms with E-state index < -0.39 is 0 Å². The highest BCUT2D eigenvalue weighted by Gasteiger charge is 1.95. The van der Waals surface area contributed by atoms with Crippen LogP contribution in [0.3, 0.4) is 0 Å². The SMILES string of the molecule is C/C(I)=C\[C@@H](C)CCC=O. The maximum Gasteiger partial charge on any atom is 0.120 e. The van der Waals surface area contributed by atoms with E-state index in [-0.39, 0.29) is 0 Å². The first-order chi connectivity index (χ1) is 4.66. The highest BCUT2D eigenvalue weighted by molar-refractivity contribution is 14.1. The molecule has 10 heavy (non-hydrogen) atoms. The van der Waals surface area contributed by atoms with Crippen LogP contribution >= 0.6 is 22.6 Å². The summed E-state index contributed by atoms with van der Waals surface area (Å²) in [5.41, 5.74) is 0. The maximum absolute atomic E-state index is 9.97. The van der Waals surface area contributed by atoms with E-state index in [0.29, 0.717) is 12.3 Å². The summed E-state index contributed by atoms with van der Waals surface area (Å²) in [6.45, 7) is 4.20. The van der Waals surface area contributed by atoms with Crippen LogP contribution in [0.5, 0.6) is 0 Å². The monoisotopic (exact) mass is 252 g/mol. The van der Waals surface area contributed by atoms with Gasteiger partial charge in [0.2, 0.25) is 0 Å². The molecule has 0 aliphatic heterocycles. The van der Waals surface area contributed by atoms with Crippen molar-refractivity contribution in [2.45, 2.75) is 26.7 Å². The molecule has 1 atom stereocenters. The van der Waals surface area contributed by atoms with Crippen LogP contribution in [0.1, 0.15) is 26.7 Å². The zero-order valence-corrected chi connectivity index (χ0v) is 8.59. The Morgan fingerprint density at radius 1 is 1.70 bits per heavy atom. The zero-order valence-electron chi connectivity index (χ0n) is 6.43. The Balaban J connectivity index is 3.52. The van der Waals surface area contributed by atoms with Gasteiger partial charge in [-0.3, -0.25) is 0 Å². The minimum absolute atomic E-state index is 0.544. The van der Waals surface area contributed by atoms with E-state index in [9.17, 15) is 4.79 Å². The van der Waals surface area contributed by atoms with Crippen LogP contribution in [-0.2, 0) is 4.79 Å². The molecule has 0 saturated carbocycles. The van der Waals surface area contributed by atoms with E-state index in [0.717, 1.165) is 12.7 Å². The van der Waals surface area contributed by atoms with Crippen molar-refractivity contribution in [1.82, 2.24) is 0 Å². The lowest BCUT2D eigenvalue weighted by Gasteiger charge is -2.01. The molecule has 0 saturated heterocycles. The van der Waals surface area contributed by atoms with E-state index in [1.54, 1.807) is 0 Å². The van der Waals surface area contributed by atoms with Gasteiger partial charge in [0.1, 0.15) is 6.29 Å². The third-order valence-electron chi connectivity index (χ3n) is 1.25. The Morgan fingerprint density at radius 2 is 2.30 bits per heavy atom. The number of hydrogen-bond donors (Lipinski definition) is 0. The number of aldehydes is 1. The smallest absolute Gasteiger partial charge is 0.120 e. The fraction of sp³-hybridized carbons (Fsp3) is 0.625. The fourth-order valence-corrected chi connectivity index (χ4v) is 1.42. The summed E-state index contributed by atoms with van der Waals surface area (Å²) in [5, 5.41) is 0. The highest BCUT2D eigenvalue weighted by atomic mass is 127. The second-order valence-electron chi connectivity index (χ2n) is 2.47. The van der Waals surface area contributed by atoms with E-state index in [1.165, 1.54) is 3.58 Å². The molecule has 0 rings (SSSR count). The average molecular weight is 252 g/mol. The standard InChI is InChI=1S/C8H13IO/c1-7(4-3-5-10)6-8(2)9/h5-7H,3-4H2,1-2H3/b8-6+/t7-/m0/s1. The maximum atomic E-state index is 9.97. The van der Waals surface area contributed by atoms with Crippen molar-refractivity contribution in [3.63, 3.8) is 0 Å². The molecule has 0 unspecified atom stereocenters. The van der Waals surface area contributed by atoms with Crippen molar-refractivity contribution in [3.05, 3.63) is 9.66 Å². The molecule has 0 aliphatic carbocycles. The lowest BCUT2D eigenvalue weighted by atomic mass is 10.1. The fourth-order valence-electron chi connectivity index (χ4n) is 0.806. The van der Waals surface area contributed by atoms with Gasteiger partial charge in [-0.1, -0.05) is 13.0 Å². The highest BCUT2D eigenvalue weighted by Crippen LogP contribution is 2.12. The largest absolute Gasteiger partial charge is 0.303 e. The Hall–Kier alpha value is 0.140. The van der Waals surface area contributed by atoms with Crippen LogP contribution in [0.2, 0.25) is 0 Å². The number of carbonyl (C=O) groups is 1. The molecule has 2 heteroatoms. The van der Waals surface area contributed by atoms with Gasteiger partial charge < -0.3 is 4.79 Å². The van der Waals surface area contributed by atoms with Gasteiger partial charge in [0.15, 0.2) is 0 Å². The number of rotatable bonds is 4. The molecule has 0 aromatic heterocycles. The first kappa shape index (κ1) is 10.1. The van der Waals surface area contributed by atoms with Gasteiger partial charge in [0, 0.05) is 6.42 Å². The van der Waals surface area contributed by atoms with Crippen LogP contribution in [-0.4, -0.2) is 6.29 Å². The number of hydrogen-bond acceptors (Lipinski definition) is 1. The van der Waals surface area contributed by atoms with Gasteiger partial charge in [-0.25, -0.2) is 0 Å². The van der Waals surface area contributed by atoms with E-state index >= 15 is 0 Å². The predicted octanol–water partition coefficient (Wildman–Crippen LogP) is 2.94. The van der Waals surface area contributed by atoms with E-state index in [2.05, 4.69) is 42.5 Å². The van der Waals surface area contributed by atoms with Gasteiger partial charge in [-0.05, 0) is 45.4 Å². The van der Waals surface area contributed by atoms with Crippen LogP contribution in [0.25, 0.3) is 0 Å². The molecular weight excluding hydrogens is 239 g/mol. The van der Waals surface area contributed by atoms with Crippen LogP contribution in [0.4, 0.5) is 0 Å². The van der Waals surface area contributed by atoms with Gasteiger partial charge in [0.05, 0.1) is 0 Å². The molecule has 0 bridgehead atoms. The molecule has 0 aromatic carbocycles. The quantitative estimate of drug-likeness (QED) is 0.555. The minimum Gasteiger partial charge on any atom is -0.303 e. The molecule has 0 fully saturated rings.